The second-order valence-electron chi connectivity index (χ2n) is 2.98. The molecule has 2 unspecified atom stereocenters. The minimum atomic E-state index is -4.70. The molecule has 0 saturated carbocycles. The number of hydrogen-bond acceptors (Lipinski definition) is 2. The standard InChI is InChI=1S/C8H11F5OS/c1-5(14)15-3-2-6(9)7(10)4-8(11,12)13/h6-7H,2-4H2,1H3. The van der Waals surface area contributed by atoms with Crippen LogP contribution in [0.1, 0.15) is 19.8 Å². The number of carbonyl (C=O) groups excluding carboxylic acids is 1. The number of rotatable bonds is 5. The first-order valence-electron chi connectivity index (χ1n) is 4.20. The topological polar surface area (TPSA) is 17.1 Å². The molecule has 0 bridgehead atoms. The van der Waals surface area contributed by atoms with Crippen LogP contribution in [0.5, 0.6) is 0 Å². The lowest BCUT2D eigenvalue weighted by Crippen LogP contribution is -2.25. The third kappa shape index (κ3) is 8.65. The Balaban J connectivity index is 3.79. The molecule has 0 aliphatic heterocycles. The molecule has 0 saturated heterocycles. The van der Waals surface area contributed by atoms with E-state index in [0.29, 0.717) is 0 Å². The maximum Gasteiger partial charge on any atom is 0.392 e. The van der Waals surface area contributed by atoms with Crippen LogP contribution in [0.4, 0.5) is 22.0 Å². The summed E-state index contributed by atoms with van der Waals surface area (Å²) in [5.41, 5.74) is 0. The molecule has 0 aliphatic rings. The second-order valence-corrected chi connectivity index (χ2v) is 4.25. The Morgan fingerprint density at radius 3 is 2.20 bits per heavy atom. The van der Waals surface area contributed by atoms with Gasteiger partial charge in [-0.25, -0.2) is 8.78 Å². The van der Waals surface area contributed by atoms with Crippen molar-refractivity contribution in [1.29, 1.82) is 0 Å². The smallest absolute Gasteiger partial charge is 0.288 e. The fourth-order valence-corrected chi connectivity index (χ4v) is 1.48. The van der Waals surface area contributed by atoms with Gasteiger partial charge in [-0.3, -0.25) is 4.79 Å². The number of thioether (sulfide) groups is 1. The molecular weight excluding hydrogens is 239 g/mol. The van der Waals surface area contributed by atoms with Gasteiger partial charge in [-0.2, -0.15) is 13.2 Å². The van der Waals surface area contributed by atoms with Gasteiger partial charge in [-0.05, 0) is 6.42 Å². The Kier molecular flexibility index (Phi) is 6.16. The molecule has 0 heterocycles. The minimum absolute atomic E-state index is 0.00518. The molecule has 90 valence electrons. The minimum Gasteiger partial charge on any atom is -0.288 e. The summed E-state index contributed by atoms with van der Waals surface area (Å²) in [6.45, 7) is 1.25. The van der Waals surface area contributed by atoms with Gasteiger partial charge in [0.2, 0.25) is 0 Å². The van der Waals surface area contributed by atoms with Gasteiger partial charge in [0.15, 0.2) is 5.12 Å². The zero-order valence-electron chi connectivity index (χ0n) is 7.98. The van der Waals surface area contributed by atoms with Crippen LogP contribution in [-0.2, 0) is 4.79 Å². The van der Waals surface area contributed by atoms with Gasteiger partial charge < -0.3 is 0 Å². The monoisotopic (exact) mass is 250 g/mol. The average molecular weight is 250 g/mol. The predicted octanol–water partition coefficient (Wildman–Crippen LogP) is 3.28. The summed E-state index contributed by atoms with van der Waals surface area (Å²) in [5.74, 6) is -0.00518. The molecule has 2 atom stereocenters. The number of hydrogen-bond donors (Lipinski definition) is 0. The Morgan fingerprint density at radius 1 is 1.27 bits per heavy atom. The fourth-order valence-electron chi connectivity index (χ4n) is 0.845. The number of alkyl halides is 5. The van der Waals surface area contributed by atoms with Crippen LogP contribution in [0.3, 0.4) is 0 Å². The normalized spacial score (nSPS) is 16.1. The fraction of sp³-hybridized carbons (Fsp3) is 0.875. The van der Waals surface area contributed by atoms with Crippen molar-refractivity contribution in [1.82, 2.24) is 0 Å². The summed E-state index contributed by atoms with van der Waals surface area (Å²) in [7, 11) is 0. The summed E-state index contributed by atoms with van der Waals surface area (Å²) in [4.78, 5) is 10.4. The second kappa shape index (κ2) is 6.30. The highest BCUT2D eigenvalue weighted by Gasteiger charge is 2.35. The Labute approximate surface area is 88.4 Å². The van der Waals surface area contributed by atoms with Crippen molar-refractivity contribution in [3.05, 3.63) is 0 Å². The van der Waals surface area contributed by atoms with Crippen molar-refractivity contribution in [2.75, 3.05) is 5.75 Å². The third-order valence-electron chi connectivity index (χ3n) is 1.52. The van der Waals surface area contributed by atoms with E-state index in [4.69, 9.17) is 0 Å². The van der Waals surface area contributed by atoms with E-state index in [1.54, 1.807) is 0 Å². The quantitative estimate of drug-likeness (QED) is 0.696. The number of halogens is 5. The first kappa shape index (κ1) is 14.7. The van der Waals surface area contributed by atoms with Gasteiger partial charge in [-0.1, -0.05) is 11.8 Å². The first-order chi connectivity index (χ1) is 6.72. The summed E-state index contributed by atoms with van der Waals surface area (Å²) in [5, 5.41) is -0.270. The van der Waals surface area contributed by atoms with Crippen molar-refractivity contribution in [3.8, 4) is 0 Å². The maximum absolute atomic E-state index is 12.8. The molecule has 0 fully saturated rings. The van der Waals surface area contributed by atoms with Crippen molar-refractivity contribution < 1.29 is 26.7 Å². The Bertz CT molecular complexity index is 206. The lowest BCUT2D eigenvalue weighted by atomic mass is 10.1. The van der Waals surface area contributed by atoms with Crippen LogP contribution in [0.15, 0.2) is 0 Å². The van der Waals surface area contributed by atoms with Crippen molar-refractivity contribution in [3.63, 3.8) is 0 Å². The van der Waals surface area contributed by atoms with Gasteiger partial charge in [0.1, 0.15) is 12.3 Å². The molecule has 0 radical (unpaired) electrons. The van der Waals surface area contributed by atoms with Crippen molar-refractivity contribution in [2.24, 2.45) is 0 Å². The van der Waals surface area contributed by atoms with E-state index in [9.17, 15) is 26.7 Å². The van der Waals surface area contributed by atoms with Gasteiger partial charge in [-0.15, -0.1) is 0 Å². The highest BCUT2D eigenvalue weighted by molar-refractivity contribution is 8.13. The molecule has 0 aromatic rings. The van der Waals surface area contributed by atoms with Crippen LogP contribution < -0.4 is 0 Å². The van der Waals surface area contributed by atoms with E-state index in [1.807, 2.05) is 0 Å². The molecule has 0 spiro atoms. The Hall–Kier alpha value is -0.330. The van der Waals surface area contributed by atoms with E-state index in [-0.39, 0.29) is 17.3 Å². The average Bonchev–Trinajstić information content (AvgIpc) is 1.99. The Morgan fingerprint density at radius 2 is 1.80 bits per heavy atom. The zero-order valence-corrected chi connectivity index (χ0v) is 8.80. The molecule has 15 heavy (non-hydrogen) atoms. The van der Waals surface area contributed by atoms with E-state index in [0.717, 1.165) is 11.8 Å². The molecule has 0 aromatic heterocycles. The third-order valence-corrected chi connectivity index (χ3v) is 2.36. The SMILES string of the molecule is CC(=O)SCCC(F)C(F)CC(F)(F)F. The lowest BCUT2D eigenvalue weighted by molar-refractivity contribution is -0.151. The van der Waals surface area contributed by atoms with E-state index >= 15 is 0 Å². The summed E-state index contributed by atoms with van der Waals surface area (Å²) < 4.78 is 60.4. The van der Waals surface area contributed by atoms with Crippen LogP contribution in [0, 0.1) is 0 Å². The molecule has 0 amide bonds. The lowest BCUT2D eigenvalue weighted by Gasteiger charge is -2.14. The summed E-state index contributed by atoms with van der Waals surface area (Å²) >= 11 is 0.768. The van der Waals surface area contributed by atoms with Crippen LogP contribution in [0.2, 0.25) is 0 Å². The van der Waals surface area contributed by atoms with E-state index in [1.165, 1.54) is 6.92 Å². The summed E-state index contributed by atoms with van der Waals surface area (Å²) in [6, 6.07) is 0. The molecular formula is C8H11F5OS. The zero-order chi connectivity index (χ0) is 12.1. The highest BCUT2D eigenvalue weighted by Crippen LogP contribution is 2.26. The van der Waals surface area contributed by atoms with Crippen molar-refractivity contribution in [2.45, 2.75) is 38.3 Å². The van der Waals surface area contributed by atoms with Crippen LogP contribution in [0.25, 0.3) is 0 Å². The van der Waals surface area contributed by atoms with E-state index in [2.05, 4.69) is 0 Å². The summed E-state index contributed by atoms with van der Waals surface area (Å²) in [6.07, 6.45) is -11.6. The van der Waals surface area contributed by atoms with Crippen LogP contribution >= 0.6 is 11.8 Å². The molecule has 0 rings (SSSR count). The van der Waals surface area contributed by atoms with Gasteiger partial charge in [0.05, 0.1) is 6.42 Å². The predicted molar refractivity (Wildman–Crippen MR) is 48.2 cm³/mol. The molecule has 0 N–H and O–H groups in total. The van der Waals surface area contributed by atoms with Gasteiger partial charge in [0, 0.05) is 12.7 Å². The van der Waals surface area contributed by atoms with Gasteiger partial charge in [0.25, 0.3) is 0 Å². The molecule has 0 aromatic carbocycles. The van der Waals surface area contributed by atoms with E-state index < -0.39 is 24.9 Å². The maximum atomic E-state index is 12.8. The largest absolute Gasteiger partial charge is 0.392 e. The molecule has 1 nitrogen and oxygen atoms in total. The molecule has 7 heteroatoms. The van der Waals surface area contributed by atoms with Crippen molar-refractivity contribution >= 4 is 16.9 Å². The molecule has 0 aliphatic carbocycles. The van der Waals surface area contributed by atoms with Gasteiger partial charge >= 0.3 is 6.18 Å². The highest BCUT2D eigenvalue weighted by atomic mass is 32.2. The first-order valence-corrected chi connectivity index (χ1v) is 5.19. The number of carbonyl (C=O) groups is 1. The van der Waals surface area contributed by atoms with Crippen LogP contribution in [-0.4, -0.2) is 29.4 Å².